The minimum atomic E-state index is -0.392. The molecule has 90 valence electrons. The topological polar surface area (TPSA) is 61.8 Å². The van der Waals surface area contributed by atoms with Gasteiger partial charge in [-0.25, -0.2) is 4.39 Å². The smallest absolute Gasteiger partial charge is 0.126 e. The van der Waals surface area contributed by atoms with Crippen molar-refractivity contribution < 1.29 is 4.39 Å². The molecule has 3 N–H and O–H groups in total. The molecule has 4 heteroatoms. The van der Waals surface area contributed by atoms with Crippen LogP contribution in [0.4, 0.5) is 10.1 Å². The summed E-state index contributed by atoms with van der Waals surface area (Å²) in [6.45, 7) is 0.533. The molecule has 1 aromatic carbocycles. The number of nitrogens with zero attached hydrogens (tertiary/aromatic N) is 1. The summed E-state index contributed by atoms with van der Waals surface area (Å²) in [7, 11) is 0. The lowest BCUT2D eigenvalue weighted by atomic mass is 9.97. The second-order valence-electron chi connectivity index (χ2n) is 4.66. The first-order valence-corrected chi connectivity index (χ1v) is 5.86. The molecule has 17 heavy (non-hydrogen) atoms. The van der Waals surface area contributed by atoms with Crippen LogP contribution in [0.1, 0.15) is 31.2 Å². The van der Waals surface area contributed by atoms with Crippen molar-refractivity contribution in [1.82, 2.24) is 0 Å². The van der Waals surface area contributed by atoms with Crippen LogP contribution in [0.15, 0.2) is 18.2 Å². The van der Waals surface area contributed by atoms with Gasteiger partial charge in [-0.2, -0.15) is 5.26 Å². The van der Waals surface area contributed by atoms with Crippen LogP contribution < -0.4 is 11.1 Å². The van der Waals surface area contributed by atoms with E-state index in [2.05, 4.69) is 5.32 Å². The van der Waals surface area contributed by atoms with Gasteiger partial charge in [0.2, 0.25) is 0 Å². The molecule has 1 aliphatic rings. The van der Waals surface area contributed by atoms with Crippen molar-refractivity contribution in [1.29, 1.82) is 5.26 Å². The van der Waals surface area contributed by atoms with Crippen LogP contribution in [-0.2, 0) is 0 Å². The monoisotopic (exact) mass is 233 g/mol. The Morgan fingerprint density at radius 2 is 2.06 bits per heavy atom. The van der Waals surface area contributed by atoms with Gasteiger partial charge in [0.05, 0.1) is 11.6 Å². The number of rotatable bonds is 3. The maximum absolute atomic E-state index is 13.3. The quantitative estimate of drug-likeness (QED) is 0.842. The Bertz CT molecular complexity index is 444. The Morgan fingerprint density at radius 1 is 1.35 bits per heavy atom. The molecule has 1 aliphatic carbocycles. The van der Waals surface area contributed by atoms with Crippen LogP contribution in [0.2, 0.25) is 0 Å². The summed E-state index contributed by atoms with van der Waals surface area (Å²) in [5.74, 6) is -0.392. The standard InChI is InChI=1S/C13H16FN3/c14-11-5-10(8-15)6-12(7-11)17-13(9-16)3-1-2-4-13/h5-7,17H,1-4,9,16H2. The Labute approximate surface area is 100 Å². The van der Waals surface area contributed by atoms with Gasteiger partial charge in [0.1, 0.15) is 5.82 Å². The van der Waals surface area contributed by atoms with Crippen molar-refractivity contribution in [2.75, 3.05) is 11.9 Å². The van der Waals surface area contributed by atoms with Crippen LogP contribution >= 0.6 is 0 Å². The van der Waals surface area contributed by atoms with Crippen LogP contribution in [0.25, 0.3) is 0 Å². The third-order valence-corrected chi connectivity index (χ3v) is 3.39. The Hall–Kier alpha value is -1.60. The van der Waals surface area contributed by atoms with Crippen molar-refractivity contribution in [2.24, 2.45) is 5.73 Å². The van der Waals surface area contributed by atoms with Crippen molar-refractivity contribution >= 4 is 5.69 Å². The molecule has 0 aromatic heterocycles. The maximum Gasteiger partial charge on any atom is 0.126 e. The zero-order valence-corrected chi connectivity index (χ0v) is 9.67. The van der Waals surface area contributed by atoms with Gasteiger partial charge in [0.25, 0.3) is 0 Å². The second-order valence-corrected chi connectivity index (χ2v) is 4.66. The molecule has 0 spiro atoms. The van der Waals surface area contributed by atoms with E-state index in [4.69, 9.17) is 11.0 Å². The summed E-state index contributed by atoms with van der Waals surface area (Å²) in [5.41, 5.74) is 6.66. The van der Waals surface area contributed by atoms with E-state index in [9.17, 15) is 4.39 Å². The molecular formula is C13H16FN3. The highest BCUT2D eigenvalue weighted by Crippen LogP contribution is 2.32. The van der Waals surface area contributed by atoms with Gasteiger partial charge in [0, 0.05) is 17.8 Å². The molecule has 3 nitrogen and oxygen atoms in total. The van der Waals surface area contributed by atoms with E-state index in [1.165, 1.54) is 12.1 Å². The second kappa shape index (κ2) is 4.72. The lowest BCUT2D eigenvalue weighted by Gasteiger charge is -2.30. The Kier molecular flexibility index (Phi) is 3.30. The Balaban J connectivity index is 2.23. The fraction of sp³-hybridized carbons (Fsp3) is 0.462. The van der Waals surface area contributed by atoms with Crippen LogP contribution in [0.5, 0.6) is 0 Å². The van der Waals surface area contributed by atoms with Gasteiger partial charge < -0.3 is 11.1 Å². The van der Waals surface area contributed by atoms with Crippen molar-refractivity contribution in [3.8, 4) is 6.07 Å². The third kappa shape index (κ3) is 2.56. The first-order valence-electron chi connectivity index (χ1n) is 5.86. The summed E-state index contributed by atoms with van der Waals surface area (Å²) >= 11 is 0. The fourth-order valence-electron chi connectivity index (χ4n) is 2.46. The van der Waals surface area contributed by atoms with Crippen LogP contribution in [0.3, 0.4) is 0 Å². The molecule has 0 saturated heterocycles. The van der Waals surface area contributed by atoms with E-state index in [-0.39, 0.29) is 5.54 Å². The number of nitrogens with one attached hydrogen (secondary N) is 1. The van der Waals surface area contributed by atoms with Crippen molar-refractivity contribution in [3.63, 3.8) is 0 Å². The molecule has 1 fully saturated rings. The van der Waals surface area contributed by atoms with Gasteiger partial charge >= 0.3 is 0 Å². The van der Waals surface area contributed by atoms with Crippen molar-refractivity contribution in [3.05, 3.63) is 29.6 Å². The van der Waals surface area contributed by atoms with E-state index < -0.39 is 5.82 Å². The van der Waals surface area contributed by atoms with E-state index >= 15 is 0 Å². The summed E-state index contributed by atoms with van der Waals surface area (Å²) in [4.78, 5) is 0. The lowest BCUT2D eigenvalue weighted by molar-refractivity contribution is 0.492. The number of hydrogen-bond donors (Lipinski definition) is 2. The van der Waals surface area contributed by atoms with E-state index in [1.54, 1.807) is 6.07 Å². The fourth-order valence-corrected chi connectivity index (χ4v) is 2.46. The van der Waals surface area contributed by atoms with E-state index in [0.717, 1.165) is 25.7 Å². The Morgan fingerprint density at radius 3 is 2.65 bits per heavy atom. The minimum Gasteiger partial charge on any atom is -0.378 e. The predicted molar refractivity (Wildman–Crippen MR) is 65.0 cm³/mol. The maximum atomic E-state index is 13.3. The largest absolute Gasteiger partial charge is 0.378 e. The third-order valence-electron chi connectivity index (χ3n) is 3.39. The normalized spacial score (nSPS) is 17.7. The molecule has 0 atom stereocenters. The average molecular weight is 233 g/mol. The van der Waals surface area contributed by atoms with Gasteiger partial charge in [-0.1, -0.05) is 12.8 Å². The number of halogens is 1. The van der Waals surface area contributed by atoms with Gasteiger partial charge in [-0.05, 0) is 31.0 Å². The molecule has 0 amide bonds. The molecular weight excluding hydrogens is 217 g/mol. The first kappa shape index (κ1) is 11.9. The lowest BCUT2D eigenvalue weighted by Crippen LogP contribution is -2.42. The molecule has 0 heterocycles. The summed E-state index contributed by atoms with van der Waals surface area (Å²) in [6, 6.07) is 6.26. The molecule has 0 bridgehead atoms. The first-order chi connectivity index (χ1) is 8.17. The number of nitriles is 1. The number of nitrogens with two attached hydrogens (primary N) is 1. The molecule has 1 aromatic rings. The number of benzene rings is 1. The van der Waals surface area contributed by atoms with Crippen LogP contribution in [0, 0.1) is 17.1 Å². The van der Waals surface area contributed by atoms with Crippen LogP contribution in [-0.4, -0.2) is 12.1 Å². The highest BCUT2D eigenvalue weighted by Gasteiger charge is 2.32. The predicted octanol–water partition coefficient (Wildman–Crippen LogP) is 2.38. The summed E-state index contributed by atoms with van der Waals surface area (Å²) < 4.78 is 13.3. The number of hydrogen-bond acceptors (Lipinski definition) is 3. The molecule has 2 rings (SSSR count). The summed E-state index contributed by atoms with van der Waals surface area (Å²) in [6.07, 6.45) is 4.29. The molecule has 0 radical (unpaired) electrons. The molecule has 0 unspecified atom stereocenters. The zero-order chi connectivity index (χ0) is 12.3. The SMILES string of the molecule is N#Cc1cc(F)cc(NC2(CN)CCCC2)c1. The highest BCUT2D eigenvalue weighted by atomic mass is 19.1. The highest BCUT2D eigenvalue weighted by molar-refractivity contribution is 5.51. The summed E-state index contributed by atoms with van der Waals surface area (Å²) in [5, 5.41) is 12.1. The molecule has 1 saturated carbocycles. The number of anilines is 1. The van der Waals surface area contributed by atoms with Crippen molar-refractivity contribution in [2.45, 2.75) is 31.2 Å². The van der Waals surface area contributed by atoms with Gasteiger partial charge in [0.15, 0.2) is 0 Å². The van der Waals surface area contributed by atoms with Gasteiger partial charge in [-0.3, -0.25) is 0 Å². The average Bonchev–Trinajstić information content (AvgIpc) is 2.77. The van der Waals surface area contributed by atoms with E-state index in [0.29, 0.717) is 17.8 Å². The molecule has 0 aliphatic heterocycles. The van der Waals surface area contributed by atoms with E-state index in [1.807, 2.05) is 6.07 Å². The van der Waals surface area contributed by atoms with Gasteiger partial charge in [-0.15, -0.1) is 0 Å². The minimum absolute atomic E-state index is 0.124. The zero-order valence-electron chi connectivity index (χ0n) is 9.67.